The number of hydrogen-bond donors (Lipinski definition) is 2. The van der Waals surface area contributed by atoms with Crippen LogP contribution in [0.25, 0.3) is 0 Å². The van der Waals surface area contributed by atoms with Crippen LogP contribution in [-0.2, 0) is 6.18 Å². The molecular formula is C8H8BF3O3. The molecule has 2 N–H and O–H groups in total. The summed E-state index contributed by atoms with van der Waals surface area (Å²) in [5, 5.41) is 18.0. The van der Waals surface area contributed by atoms with E-state index in [0.29, 0.717) is 0 Å². The van der Waals surface area contributed by atoms with Gasteiger partial charge in [-0.1, -0.05) is 0 Å². The third-order valence-corrected chi connectivity index (χ3v) is 1.39. The van der Waals surface area contributed by atoms with E-state index in [0.717, 1.165) is 0 Å². The summed E-state index contributed by atoms with van der Waals surface area (Å²) >= 11 is 0. The van der Waals surface area contributed by atoms with Crippen molar-refractivity contribution in [2.75, 3.05) is 7.04 Å². The number of ether oxygens (including phenoxy) is 1. The molecule has 0 bridgehead atoms. The van der Waals surface area contributed by atoms with E-state index in [-0.39, 0.29) is 0 Å². The SMILES string of the molecule is [2H]c1c(OC([2H])([2H])[2H])c([2H])c(C(F)(F)F)c([2H])c1B(O)O. The minimum Gasteiger partial charge on any atom is -0.497 e. The van der Waals surface area contributed by atoms with Crippen molar-refractivity contribution in [1.29, 1.82) is 0 Å². The molecule has 0 fully saturated rings. The second-order valence-electron chi connectivity index (χ2n) is 2.47. The zero-order valence-corrected chi connectivity index (χ0v) is 7.01. The highest BCUT2D eigenvalue weighted by Crippen LogP contribution is 2.30. The summed E-state index contributed by atoms with van der Waals surface area (Å²) in [5.74, 6) is -1.30. The van der Waals surface area contributed by atoms with Crippen molar-refractivity contribution >= 4 is 12.6 Å². The molecule has 0 heterocycles. The van der Waals surface area contributed by atoms with Gasteiger partial charge < -0.3 is 14.8 Å². The van der Waals surface area contributed by atoms with Crippen LogP contribution in [0.4, 0.5) is 13.2 Å². The monoisotopic (exact) mass is 226 g/mol. The summed E-state index contributed by atoms with van der Waals surface area (Å²) in [5.41, 5.74) is -3.11. The van der Waals surface area contributed by atoms with E-state index in [4.69, 9.17) is 18.3 Å². The first-order valence-corrected chi connectivity index (χ1v) is 3.53. The Morgan fingerprint density at radius 2 is 2.07 bits per heavy atom. The zero-order chi connectivity index (χ0) is 16.7. The van der Waals surface area contributed by atoms with Crippen molar-refractivity contribution in [2.24, 2.45) is 0 Å². The van der Waals surface area contributed by atoms with Crippen LogP contribution in [0, 0.1) is 0 Å². The highest BCUT2D eigenvalue weighted by Gasteiger charge is 2.32. The molecule has 0 aliphatic rings. The van der Waals surface area contributed by atoms with E-state index in [9.17, 15) is 13.2 Å². The van der Waals surface area contributed by atoms with Crippen LogP contribution in [-0.4, -0.2) is 24.2 Å². The first-order valence-electron chi connectivity index (χ1n) is 6.53. The summed E-state index contributed by atoms with van der Waals surface area (Å²) < 4.78 is 85.1. The van der Waals surface area contributed by atoms with Crippen LogP contribution in [0.1, 0.15) is 13.8 Å². The van der Waals surface area contributed by atoms with Gasteiger partial charge in [0.1, 0.15) is 5.75 Å². The number of halogens is 3. The standard InChI is InChI=1S/C8H8BF3O3/c1-15-7-3-5(8(10,11)12)2-6(4-7)9(13)14/h2-4,13-14H,1H3/i1D3,2D,3D,4D. The summed E-state index contributed by atoms with van der Waals surface area (Å²) in [7, 11) is -5.89. The first kappa shape index (κ1) is 5.76. The van der Waals surface area contributed by atoms with Gasteiger partial charge in [0.25, 0.3) is 0 Å². The van der Waals surface area contributed by atoms with Crippen LogP contribution in [0.3, 0.4) is 0 Å². The Hall–Kier alpha value is -1.21. The van der Waals surface area contributed by atoms with Gasteiger partial charge in [0.15, 0.2) is 0 Å². The van der Waals surface area contributed by atoms with Gasteiger partial charge in [-0.15, -0.1) is 0 Å². The normalized spacial score (nSPS) is 17.9. The maximum absolute atomic E-state index is 12.8. The average Bonchev–Trinajstić information content (AvgIpc) is 2.20. The van der Waals surface area contributed by atoms with Crippen molar-refractivity contribution in [1.82, 2.24) is 0 Å². The molecule has 0 atom stereocenters. The fourth-order valence-corrected chi connectivity index (χ4v) is 0.786. The Morgan fingerprint density at radius 1 is 1.40 bits per heavy atom. The number of hydrogen-bond acceptors (Lipinski definition) is 3. The molecule has 0 amide bonds. The number of alkyl halides is 3. The van der Waals surface area contributed by atoms with Crippen molar-refractivity contribution in [3.63, 3.8) is 0 Å². The van der Waals surface area contributed by atoms with E-state index >= 15 is 0 Å². The lowest BCUT2D eigenvalue weighted by atomic mass is 9.79. The maximum Gasteiger partial charge on any atom is 0.488 e. The van der Waals surface area contributed by atoms with E-state index < -0.39 is 55.2 Å². The molecule has 1 aromatic carbocycles. The second-order valence-corrected chi connectivity index (χ2v) is 2.47. The molecule has 0 saturated heterocycles. The minimum absolute atomic E-state index is 1.18. The van der Waals surface area contributed by atoms with Crippen LogP contribution >= 0.6 is 0 Å². The van der Waals surface area contributed by atoms with Crippen LogP contribution in [0.5, 0.6) is 5.75 Å². The molecule has 0 unspecified atom stereocenters. The van der Waals surface area contributed by atoms with Crippen molar-refractivity contribution in [3.8, 4) is 5.75 Å². The highest BCUT2D eigenvalue weighted by atomic mass is 19.4. The van der Waals surface area contributed by atoms with E-state index in [1.807, 2.05) is 0 Å². The summed E-state index contributed by atoms with van der Waals surface area (Å²) in [6, 6.07) is -4.20. The van der Waals surface area contributed by atoms with E-state index in [1.165, 1.54) is 0 Å². The number of benzene rings is 1. The third kappa shape index (κ3) is 2.87. The summed E-state index contributed by atoms with van der Waals surface area (Å²) in [4.78, 5) is 0. The Morgan fingerprint density at radius 3 is 2.53 bits per heavy atom. The lowest BCUT2D eigenvalue weighted by Gasteiger charge is -2.11. The number of methoxy groups -OCH3 is 1. The van der Waals surface area contributed by atoms with Crippen LogP contribution in [0.2, 0.25) is 0 Å². The van der Waals surface area contributed by atoms with Gasteiger partial charge in [-0.25, -0.2) is 0 Å². The van der Waals surface area contributed by atoms with Crippen molar-refractivity contribution in [2.45, 2.75) is 6.18 Å². The first-order chi connectivity index (χ1) is 9.27. The average molecular weight is 226 g/mol. The summed E-state index contributed by atoms with van der Waals surface area (Å²) in [6.07, 6.45) is -5.24. The number of rotatable bonds is 2. The fourth-order valence-electron chi connectivity index (χ4n) is 0.786. The van der Waals surface area contributed by atoms with Crippen LogP contribution < -0.4 is 10.2 Å². The van der Waals surface area contributed by atoms with Crippen molar-refractivity contribution < 1.29 is 36.2 Å². The Balaban J connectivity index is 3.77. The molecule has 0 aliphatic carbocycles. The lowest BCUT2D eigenvalue weighted by molar-refractivity contribution is -0.137. The molecule has 0 aliphatic heterocycles. The Bertz CT molecular complexity index is 560. The molecule has 82 valence electrons. The molecule has 1 aromatic rings. The Kier molecular flexibility index (Phi) is 1.58. The van der Waals surface area contributed by atoms with Gasteiger partial charge in [0, 0.05) is 0 Å². The topological polar surface area (TPSA) is 49.7 Å². The van der Waals surface area contributed by atoms with Gasteiger partial charge in [-0.2, -0.15) is 13.2 Å². The lowest BCUT2D eigenvalue weighted by Crippen LogP contribution is -2.31. The predicted molar refractivity (Wildman–Crippen MR) is 47.8 cm³/mol. The zero-order valence-electron chi connectivity index (χ0n) is 13.0. The van der Waals surface area contributed by atoms with Gasteiger partial charge >= 0.3 is 13.3 Å². The fraction of sp³-hybridized carbons (Fsp3) is 0.250. The van der Waals surface area contributed by atoms with Crippen LogP contribution in [0.15, 0.2) is 18.1 Å². The molecule has 0 aromatic heterocycles. The largest absolute Gasteiger partial charge is 0.497 e. The van der Waals surface area contributed by atoms with E-state index in [1.54, 1.807) is 0 Å². The van der Waals surface area contributed by atoms with E-state index in [2.05, 4.69) is 4.74 Å². The quantitative estimate of drug-likeness (QED) is 0.717. The van der Waals surface area contributed by atoms with Gasteiger partial charge in [0.2, 0.25) is 0 Å². The molecular weight excluding hydrogens is 212 g/mol. The summed E-state index contributed by atoms with van der Waals surface area (Å²) in [6.45, 7) is 0. The molecule has 3 nitrogen and oxygen atoms in total. The highest BCUT2D eigenvalue weighted by molar-refractivity contribution is 6.58. The molecule has 0 spiro atoms. The smallest absolute Gasteiger partial charge is 0.488 e. The Labute approximate surface area is 92.7 Å². The molecule has 0 saturated carbocycles. The molecule has 15 heavy (non-hydrogen) atoms. The molecule has 7 heteroatoms. The predicted octanol–water partition coefficient (Wildman–Crippen LogP) is 0.394. The van der Waals surface area contributed by atoms with Gasteiger partial charge in [0.05, 0.1) is 20.8 Å². The maximum atomic E-state index is 12.8. The second kappa shape index (κ2) is 4.12. The third-order valence-electron chi connectivity index (χ3n) is 1.39. The van der Waals surface area contributed by atoms with Gasteiger partial charge in [-0.05, 0) is 23.6 Å². The van der Waals surface area contributed by atoms with Gasteiger partial charge in [-0.3, -0.25) is 0 Å². The minimum atomic E-state index is -5.24. The van der Waals surface area contributed by atoms with Crippen molar-refractivity contribution in [3.05, 3.63) is 23.7 Å². The molecule has 0 radical (unpaired) electrons. The molecule has 1 rings (SSSR count).